The van der Waals surface area contributed by atoms with E-state index in [2.05, 4.69) is 38.7 Å². The van der Waals surface area contributed by atoms with Gasteiger partial charge in [-0.3, -0.25) is 0 Å². The number of rotatable bonds is 3. The van der Waals surface area contributed by atoms with Gasteiger partial charge in [0.1, 0.15) is 5.58 Å². The van der Waals surface area contributed by atoms with E-state index < -0.39 is 0 Å². The third kappa shape index (κ3) is 2.40. The van der Waals surface area contributed by atoms with Crippen molar-refractivity contribution in [1.29, 1.82) is 0 Å². The van der Waals surface area contributed by atoms with Gasteiger partial charge in [0.2, 0.25) is 0 Å². The largest absolute Gasteiger partial charge is 0.423 e. The van der Waals surface area contributed by atoms with Crippen LogP contribution in [-0.4, -0.2) is 12.1 Å². The van der Waals surface area contributed by atoms with E-state index in [0.717, 1.165) is 11.1 Å². The topological polar surface area (TPSA) is 33.5 Å². The maximum absolute atomic E-state index is 11.3. The van der Waals surface area contributed by atoms with Crippen LogP contribution in [0.15, 0.2) is 39.5 Å². The number of hydrogen-bond acceptors (Lipinski definition) is 3. The van der Waals surface area contributed by atoms with Crippen molar-refractivity contribution in [2.24, 2.45) is 0 Å². The van der Waals surface area contributed by atoms with Gasteiger partial charge >= 0.3 is 5.63 Å². The average molecular weight is 245 g/mol. The molecule has 1 aromatic heterocycles. The van der Waals surface area contributed by atoms with Gasteiger partial charge in [-0.1, -0.05) is 0 Å². The molecule has 0 aliphatic carbocycles. The number of nitrogens with zero attached hydrogens (tertiary/aromatic N) is 1. The van der Waals surface area contributed by atoms with E-state index in [1.54, 1.807) is 6.07 Å². The maximum Gasteiger partial charge on any atom is 0.336 e. The molecule has 1 aromatic carbocycles. The molecular formula is C15H19NO2. The third-order valence-electron chi connectivity index (χ3n) is 3.02. The highest BCUT2D eigenvalue weighted by molar-refractivity contribution is 5.80. The SMILES string of the molecule is CC(C)N(c1ccc2ccc(=O)oc2c1)C(C)C. The molecule has 0 saturated heterocycles. The first-order chi connectivity index (χ1) is 8.49. The van der Waals surface area contributed by atoms with Gasteiger partial charge in [0.15, 0.2) is 0 Å². The van der Waals surface area contributed by atoms with Crippen LogP contribution in [0.25, 0.3) is 11.0 Å². The normalized spacial score (nSPS) is 11.4. The molecule has 0 unspecified atom stereocenters. The number of benzene rings is 1. The molecule has 0 bridgehead atoms. The lowest BCUT2D eigenvalue weighted by atomic mass is 10.1. The zero-order valence-corrected chi connectivity index (χ0v) is 11.3. The molecule has 2 rings (SSSR count). The molecule has 0 spiro atoms. The van der Waals surface area contributed by atoms with Gasteiger partial charge in [-0.25, -0.2) is 4.79 Å². The second kappa shape index (κ2) is 4.84. The lowest BCUT2D eigenvalue weighted by molar-refractivity contribution is 0.559. The van der Waals surface area contributed by atoms with Crippen LogP contribution in [0.4, 0.5) is 5.69 Å². The van der Waals surface area contributed by atoms with Gasteiger partial charge in [-0.2, -0.15) is 0 Å². The van der Waals surface area contributed by atoms with Crippen LogP contribution in [0.1, 0.15) is 27.7 Å². The van der Waals surface area contributed by atoms with E-state index in [9.17, 15) is 4.79 Å². The van der Waals surface area contributed by atoms with Crippen LogP contribution in [0.3, 0.4) is 0 Å². The minimum absolute atomic E-state index is 0.305. The van der Waals surface area contributed by atoms with E-state index in [1.165, 1.54) is 6.07 Å². The third-order valence-corrected chi connectivity index (χ3v) is 3.02. The molecule has 0 saturated carbocycles. The summed E-state index contributed by atoms with van der Waals surface area (Å²) < 4.78 is 5.23. The first-order valence-electron chi connectivity index (χ1n) is 6.31. The van der Waals surface area contributed by atoms with E-state index in [-0.39, 0.29) is 5.63 Å². The fourth-order valence-electron chi connectivity index (χ4n) is 2.40. The highest BCUT2D eigenvalue weighted by Gasteiger charge is 2.14. The molecule has 2 aromatic rings. The number of anilines is 1. The molecule has 3 nitrogen and oxygen atoms in total. The van der Waals surface area contributed by atoms with Crippen LogP contribution in [0.2, 0.25) is 0 Å². The quantitative estimate of drug-likeness (QED) is 0.777. The zero-order valence-electron chi connectivity index (χ0n) is 11.3. The standard InChI is InChI=1S/C15H19NO2/c1-10(2)16(11(3)4)13-7-5-12-6-8-15(17)18-14(12)9-13/h5-11H,1-4H3. The summed E-state index contributed by atoms with van der Waals surface area (Å²) in [5.74, 6) is 0. The molecule has 96 valence electrons. The molecule has 18 heavy (non-hydrogen) atoms. The molecule has 0 N–H and O–H groups in total. The van der Waals surface area contributed by atoms with Gasteiger partial charge in [0.25, 0.3) is 0 Å². The molecule has 0 aliphatic heterocycles. The average Bonchev–Trinajstić information content (AvgIpc) is 2.27. The first-order valence-corrected chi connectivity index (χ1v) is 6.31. The fraction of sp³-hybridized carbons (Fsp3) is 0.400. The summed E-state index contributed by atoms with van der Waals surface area (Å²) >= 11 is 0. The molecule has 0 radical (unpaired) electrons. The van der Waals surface area contributed by atoms with E-state index in [0.29, 0.717) is 17.7 Å². The Bertz CT molecular complexity index is 591. The van der Waals surface area contributed by atoms with Gasteiger partial charge in [0.05, 0.1) is 0 Å². The van der Waals surface area contributed by atoms with Crippen molar-refractivity contribution in [3.63, 3.8) is 0 Å². The van der Waals surface area contributed by atoms with Crippen LogP contribution in [0.5, 0.6) is 0 Å². The molecule has 0 aliphatic rings. The van der Waals surface area contributed by atoms with Crippen molar-refractivity contribution in [1.82, 2.24) is 0 Å². The lowest BCUT2D eigenvalue weighted by Crippen LogP contribution is -2.36. The Morgan fingerprint density at radius 1 is 1.00 bits per heavy atom. The summed E-state index contributed by atoms with van der Waals surface area (Å²) in [6, 6.07) is 10.0. The zero-order chi connectivity index (χ0) is 13.3. The Morgan fingerprint density at radius 3 is 2.22 bits per heavy atom. The molecule has 1 heterocycles. The van der Waals surface area contributed by atoms with Crippen molar-refractivity contribution in [2.75, 3.05) is 4.90 Å². The highest BCUT2D eigenvalue weighted by atomic mass is 16.4. The summed E-state index contributed by atoms with van der Waals surface area (Å²) in [5.41, 5.74) is 1.42. The monoisotopic (exact) mass is 245 g/mol. The van der Waals surface area contributed by atoms with E-state index >= 15 is 0 Å². The predicted molar refractivity (Wildman–Crippen MR) is 75.2 cm³/mol. The van der Waals surface area contributed by atoms with Crippen molar-refractivity contribution < 1.29 is 4.42 Å². The van der Waals surface area contributed by atoms with Crippen LogP contribution < -0.4 is 10.5 Å². The summed E-state index contributed by atoms with van der Waals surface area (Å²) in [6.07, 6.45) is 0. The number of hydrogen-bond donors (Lipinski definition) is 0. The Balaban J connectivity index is 2.54. The summed E-state index contributed by atoms with van der Waals surface area (Å²) in [4.78, 5) is 13.6. The Kier molecular flexibility index (Phi) is 3.41. The van der Waals surface area contributed by atoms with Crippen molar-refractivity contribution in [3.8, 4) is 0 Å². The molecular weight excluding hydrogens is 226 g/mol. The maximum atomic E-state index is 11.3. The van der Waals surface area contributed by atoms with Crippen LogP contribution in [-0.2, 0) is 0 Å². The van der Waals surface area contributed by atoms with Crippen molar-refractivity contribution in [2.45, 2.75) is 39.8 Å². The van der Waals surface area contributed by atoms with Crippen molar-refractivity contribution in [3.05, 3.63) is 40.8 Å². The minimum Gasteiger partial charge on any atom is -0.423 e. The summed E-state index contributed by atoms with van der Waals surface area (Å²) in [7, 11) is 0. The summed E-state index contributed by atoms with van der Waals surface area (Å²) in [6.45, 7) is 8.63. The van der Waals surface area contributed by atoms with Crippen LogP contribution >= 0.6 is 0 Å². The second-order valence-corrected chi connectivity index (χ2v) is 5.07. The smallest absolute Gasteiger partial charge is 0.336 e. The Labute approximate surface area is 107 Å². The second-order valence-electron chi connectivity index (χ2n) is 5.07. The minimum atomic E-state index is -0.305. The van der Waals surface area contributed by atoms with E-state index in [4.69, 9.17) is 4.42 Å². The Morgan fingerprint density at radius 2 is 1.61 bits per heavy atom. The van der Waals surface area contributed by atoms with Crippen molar-refractivity contribution >= 4 is 16.7 Å². The fourth-order valence-corrected chi connectivity index (χ4v) is 2.40. The van der Waals surface area contributed by atoms with Gasteiger partial charge in [-0.05, 0) is 45.9 Å². The van der Waals surface area contributed by atoms with Crippen LogP contribution in [0, 0.1) is 0 Å². The molecule has 0 amide bonds. The lowest BCUT2D eigenvalue weighted by Gasteiger charge is -2.33. The van der Waals surface area contributed by atoms with Gasteiger partial charge in [0, 0.05) is 35.3 Å². The first kappa shape index (κ1) is 12.7. The predicted octanol–water partition coefficient (Wildman–Crippen LogP) is 3.42. The molecule has 0 fully saturated rings. The molecule has 3 heteroatoms. The molecule has 0 atom stereocenters. The highest BCUT2D eigenvalue weighted by Crippen LogP contribution is 2.24. The van der Waals surface area contributed by atoms with E-state index in [1.807, 2.05) is 12.1 Å². The number of fused-ring (bicyclic) bond motifs is 1. The van der Waals surface area contributed by atoms with Gasteiger partial charge in [-0.15, -0.1) is 0 Å². The Hall–Kier alpha value is -1.77. The van der Waals surface area contributed by atoms with Gasteiger partial charge < -0.3 is 9.32 Å². The summed E-state index contributed by atoms with van der Waals surface area (Å²) in [5, 5.41) is 0.950.